The second-order valence-electron chi connectivity index (χ2n) is 15.7. The number of nitrogens with zero attached hydrogens (tertiary/aromatic N) is 2. The van der Waals surface area contributed by atoms with E-state index in [0.29, 0.717) is 0 Å². The number of hydrogen-bond donors (Lipinski definition) is 0. The van der Waals surface area contributed by atoms with E-state index in [9.17, 15) is 0 Å². The monoisotopic (exact) mass is 778 g/mol. The third-order valence-electron chi connectivity index (χ3n) is 12.2. The zero-order chi connectivity index (χ0) is 40.3. The first-order valence-electron chi connectivity index (χ1n) is 20.8. The second kappa shape index (κ2) is 14.3. The summed E-state index contributed by atoms with van der Waals surface area (Å²) >= 11 is 0. The summed E-state index contributed by atoms with van der Waals surface area (Å²) in [5, 5.41) is 7.14. The predicted molar refractivity (Wildman–Crippen MR) is 257 cm³/mol. The molecule has 2 heterocycles. The Morgan fingerprint density at radius 3 is 1.67 bits per heavy atom. The van der Waals surface area contributed by atoms with Crippen LogP contribution in [0.3, 0.4) is 0 Å². The van der Waals surface area contributed by atoms with Crippen molar-refractivity contribution in [2.45, 2.75) is 0 Å². The topological polar surface area (TPSA) is 21.3 Å². The van der Waals surface area contributed by atoms with E-state index < -0.39 is 0 Å². The lowest BCUT2D eigenvalue weighted by Gasteiger charge is -2.26. The van der Waals surface area contributed by atoms with Crippen LogP contribution in [0.4, 0.5) is 17.1 Å². The van der Waals surface area contributed by atoms with Crippen molar-refractivity contribution in [3.05, 3.63) is 231 Å². The molecular formula is C58H38N2O. The number of aromatic nitrogens is 1. The van der Waals surface area contributed by atoms with E-state index >= 15 is 0 Å². The molecular weight excluding hydrogens is 741 g/mol. The highest BCUT2D eigenvalue weighted by Crippen LogP contribution is 2.43. The number of benzene rings is 10. The smallest absolute Gasteiger partial charge is 0.143 e. The third kappa shape index (κ3) is 5.98. The van der Waals surface area contributed by atoms with Crippen molar-refractivity contribution in [2.24, 2.45) is 0 Å². The normalized spacial score (nSPS) is 11.6. The van der Waals surface area contributed by atoms with Gasteiger partial charge in [-0.2, -0.15) is 0 Å². The zero-order valence-corrected chi connectivity index (χ0v) is 33.2. The van der Waals surface area contributed by atoms with Gasteiger partial charge in [0.15, 0.2) is 0 Å². The second-order valence-corrected chi connectivity index (χ2v) is 15.7. The Labute approximate surface area is 353 Å². The van der Waals surface area contributed by atoms with E-state index in [1.54, 1.807) is 0 Å². The van der Waals surface area contributed by atoms with Crippen molar-refractivity contribution in [3.8, 4) is 39.1 Å². The Balaban J connectivity index is 0.985. The molecule has 12 aromatic rings. The summed E-state index contributed by atoms with van der Waals surface area (Å²) in [5.74, 6) is 0. The van der Waals surface area contributed by atoms with E-state index in [-0.39, 0.29) is 0 Å². The molecule has 10 aromatic carbocycles. The number of hydrogen-bond acceptors (Lipinski definition) is 2. The molecule has 3 heteroatoms. The summed E-state index contributed by atoms with van der Waals surface area (Å²) < 4.78 is 9.13. The first kappa shape index (κ1) is 34.9. The molecule has 0 radical (unpaired) electrons. The molecule has 0 aliphatic rings. The third-order valence-corrected chi connectivity index (χ3v) is 12.2. The molecule has 0 bridgehead atoms. The summed E-state index contributed by atoms with van der Waals surface area (Å²) in [6.07, 6.45) is 0. The van der Waals surface area contributed by atoms with Crippen molar-refractivity contribution < 1.29 is 4.42 Å². The van der Waals surface area contributed by atoms with Crippen LogP contribution >= 0.6 is 0 Å². The fraction of sp³-hybridized carbons (Fsp3) is 0. The summed E-state index contributed by atoms with van der Waals surface area (Å²) in [6, 6.07) is 82.8. The van der Waals surface area contributed by atoms with Crippen LogP contribution in [-0.4, -0.2) is 4.57 Å². The van der Waals surface area contributed by atoms with Crippen LogP contribution in [0.2, 0.25) is 0 Å². The molecule has 0 saturated carbocycles. The highest BCUT2D eigenvalue weighted by atomic mass is 16.3. The largest absolute Gasteiger partial charge is 0.455 e. The first-order chi connectivity index (χ1) is 30.2. The minimum Gasteiger partial charge on any atom is -0.455 e. The van der Waals surface area contributed by atoms with Crippen LogP contribution in [-0.2, 0) is 0 Å². The Bertz CT molecular complexity index is 3560. The van der Waals surface area contributed by atoms with Gasteiger partial charge in [0.2, 0.25) is 0 Å². The van der Waals surface area contributed by atoms with Gasteiger partial charge in [0.1, 0.15) is 11.2 Å². The molecule has 0 fully saturated rings. The van der Waals surface area contributed by atoms with Crippen molar-refractivity contribution >= 4 is 71.6 Å². The molecule has 0 unspecified atom stereocenters. The average Bonchev–Trinajstić information content (AvgIpc) is 3.88. The Hall–Kier alpha value is -8.14. The van der Waals surface area contributed by atoms with Gasteiger partial charge >= 0.3 is 0 Å². The van der Waals surface area contributed by atoms with Gasteiger partial charge in [-0.25, -0.2) is 0 Å². The highest BCUT2D eigenvalue weighted by molar-refractivity contribution is 6.13. The minimum absolute atomic E-state index is 0.879. The van der Waals surface area contributed by atoms with Crippen LogP contribution in [0.5, 0.6) is 0 Å². The molecule has 0 amide bonds. The van der Waals surface area contributed by atoms with E-state index in [1.165, 1.54) is 54.8 Å². The lowest BCUT2D eigenvalue weighted by atomic mass is 10.00. The lowest BCUT2D eigenvalue weighted by molar-refractivity contribution is 0.670. The Morgan fingerprint density at radius 1 is 0.328 bits per heavy atom. The SMILES string of the molecule is c1ccc(-c2ccc3c(c2)c2ccccc2n3-c2cc(-c3ccc(N(c4ccccc4)c4ccc(-c5ccc6ccccc6c5)cc4)cc3)c3oc4ccccc4c3c2)cc1. The molecule has 0 N–H and O–H groups in total. The summed E-state index contributed by atoms with van der Waals surface area (Å²) in [4.78, 5) is 2.32. The predicted octanol–water partition coefficient (Wildman–Crippen LogP) is 16.3. The van der Waals surface area contributed by atoms with Gasteiger partial charge < -0.3 is 13.9 Å². The molecule has 0 saturated heterocycles. The fourth-order valence-corrected chi connectivity index (χ4v) is 9.20. The van der Waals surface area contributed by atoms with Gasteiger partial charge in [-0.05, 0) is 117 Å². The van der Waals surface area contributed by atoms with Crippen LogP contribution in [0.1, 0.15) is 0 Å². The summed E-state index contributed by atoms with van der Waals surface area (Å²) in [5.41, 5.74) is 15.4. The standard InChI is InChI=1S/C58H38N2O/c1-3-13-39(14-4-1)45-29-34-56-53(36-45)50-19-9-11-21-55(50)60(56)49-37-52(58-54(38-49)51-20-10-12-22-57(51)61-58)42-27-32-48(33-28-42)59(46-17-5-2-6-18-46)47-30-25-41(26-31-47)44-24-23-40-15-7-8-16-43(40)35-44/h1-38H. The maximum absolute atomic E-state index is 6.72. The van der Waals surface area contributed by atoms with Gasteiger partial charge in [-0.15, -0.1) is 0 Å². The van der Waals surface area contributed by atoms with Gasteiger partial charge in [-0.1, -0.05) is 152 Å². The van der Waals surface area contributed by atoms with Gasteiger partial charge in [0, 0.05) is 49.9 Å². The highest BCUT2D eigenvalue weighted by Gasteiger charge is 2.20. The molecule has 286 valence electrons. The van der Waals surface area contributed by atoms with Crippen molar-refractivity contribution in [1.29, 1.82) is 0 Å². The number of para-hydroxylation sites is 3. The summed E-state index contributed by atoms with van der Waals surface area (Å²) in [7, 11) is 0. The molecule has 3 nitrogen and oxygen atoms in total. The maximum atomic E-state index is 6.72. The lowest BCUT2D eigenvalue weighted by Crippen LogP contribution is -2.09. The van der Waals surface area contributed by atoms with E-state index in [2.05, 4.69) is 234 Å². The van der Waals surface area contributed by atoms with Crippen molar-refractivity contribution in [2.75, 3.05) is 4.90 Å². The first-order valence-corrected chi connectivity index (χ1v) is 20.8. The van der Waals surface area contributed by atoms with Crippen LogP contribution in [0.15, 0.2) is 235 Å². The van der Waals surface area contributed by atoms with Gasteiger partial charge in [0.25, 0.3) is 0 Å². The van der Waals surface area contributed by atoms with E-state index in [4.69, 9.17) is 4.42 Å². The van der Waals surface area contributed by atoms with Gasteiger partial charge in [0.05, 0.1) is 11.0 Å². The maximum Gasteiger partial charge on any atom is 0.143 e. The Kier molecular flexibility index (Phi) is 8.17. The van der Waals surface area contributed by atoms with Gasteiger partial charge in [-0.3, -0.25) is 0 Å². The molecule has 12 rings (SSSR count). The quantitative estimate of drug-likeness (QED) is 0.161. The molecule has 0 aliphatic carbocycles. The molecule has 2 aromatic heterocycles. The minimum atomic E-state index is 0.879. The number of fused-ring (bicyclic) bond motifs is 7. The summed E-state index contributed by atoms with van der Waals surface area (Å²) in [6.45, 7) is 0. The number of rotatable bonds is 7. The molecule has 61 heavy (non-hydrogen) atoms. The number of furan rings is 1. The molecule has 0 atom stereocenters. The zero-order valence-electron chi connectivity index (χ0n) is 33.2. The number of anilines is 3. The molecule has 0 aliphatic heterocycles. The van der Waals surface area contributed by atoms with Crippen LogP contribution < -0.4 is 4.90 Å². The van der Waals surface area contributed by atoms with E-state index in [0.717, 1.165) is 55.8 Å². The Morgan fingerprint density at radius 2 is 0.885 bits per heavy atom. The van der Waals surface area contributed by atoms with Crippen LogP contribution in [0, 0.1) is 0 Å². The van der Waals surface area contributed by atoms with Crippen molar-refractivity contribution in [1.82, 2.24) is 4.57 Å². The average molecular weight is 779 g/mol. The van der Waals surface area contributed by atoms with Crippen LogP contribution in [0.25, 0.3) is 93.6 Å². The fourth-order valence-electron chi connectivity index (χ4n) is 9.20. The van der Waals surface area contributed by atoms with Crippen molar-refractivity contribution in [3.63, 3.8) is 0 Å². The van der Waals surface area contributed by atoms with E-state index in [1.807, 2.05) is 6.07 Å². The molecule has 0 spiro atoms.